The number of aliphatic imine (C=N–C) groups is 1. The molecule has 0 spiro atoms. The van der Waals surface area contributed by atoms with Crippen LogP contribution in [0.15, 0.2) is 40.0 Å². The minimum atomic E-state index is 0.808. The first-order valence-corrected chi connectivity index (χ1v) is 10.1. The first-order chi connectivity index (χ1) is 13.7. The predicted molar refractivity (Wildman–Crippen MR) is 112 cm³/mol. The molecule has 0 bridgehead atoms. The third-order valence-corrected chi connectivity index (χ3v) is 5.71. The molecule has 2 aliphatic heterocycles. The van der Waals surface area contributed by atoms with Crippen molar-refractivity contribution in [2.24, 2.45) is 4.99 Å². The van der Waals surface area contributed by atoms with Crippen LogP contribution in [0, 0.1) is 0 Å². The van der Waals surface area contributed by atoms with E-state index in [-0.39, 0.29) is 0 Å². The number of aromatic nitrogens is 1. The van der Waals surface area contributed by atoms with E-state index in [4.69, 9.17) is 4.52 Å². The van der Waals surface area contributed by atoms with Gasteiger partial charge >= 0.3 is 0 Å². The molecule has 0 atom stereocenters. The maximum Gasteiger partial charge on any atom is 0.194 e. The Hall–Kier alpha value is -2.54. The van der Waals surface area contributed by atoms with Gasteiger partial charge in [-0.1, -0.05) is 17.3 Å². The normalized spacial score (nSPS) is 18.3. The Kier molecular flexibility index (Phi) is 5.81. The average Bonchev–Trinajstić information content (AvgIpc) is 3.23. The number of anilines is 1. The Bertz CT molecular complexity index is 795. The molecule has 28 heavy (non-hydrogen) atoms. The molecule has 1 fully saturated rings. The highest BCUT2D eigenvalue weighted by molar-refractivity contribution is 5.80. The maximum atomic E-state index is 4.93. The molecule has 0 saturated carbocycles. The monoisotopic (exact) mass is 382 g/mol. The summed E-state index contributed by atoms with van der Waals surface area (Å²) in [6.07, 6.45) is 4.05. The van der Waals surface area contributed by atoms with Crippen LogP contribution >= 0.6 is 0 Å². The molecule has 4 rings (SSSR count). The molecular formula is C21H30N6O. The number of hydrogen-bond donors (Lipinski definition) is 1. The van der Waals surface area contributed by atoms with E-state index < -0.39 is 0 Å². The Balaban J connectivity index is 1.29. The van der Waals surface area contributed by atoms with E-state index in [0.717, 1.165) is 57.5 Å². The van der Waals surface area contributed by atoms with Gasteiger partial charge in [0.25, 0.3) is 0 Å². The highest BCUT2D eigenvalue weighted by Crippen LogP contribution is 2.26. The second kappa shape index (κ2) is 8.65. The Morgan fingerprint density at radius 1 is 1.18 bits per heavy atom. The number of aryl methyl sites for hydroxylation is 1. The molecule has 1 saturated heterocycles. The number of nitrogens with zero attached hydrogens (tertiary/aromatic N) is 5. The minimum absolute atomic E-state index is 0.808. The topological polar surface area (TPSA) is 60.1 Å². The van der Waals surface area contributed by atoms with Gasteiger partial charge in [0, 0.05) is 71.7 Å². The number of rotatable bonds is 4. The Labute approximate surface area is 167 Å². The van der Waals surface area contributed by atoms with E-state index in [1.807, 2.05) is 13.1 Å². The quantitative estimate of drug-likeness (QED) is 0.644. The molecule has 0 aliphatic carbocycles. The van der Waals surface area contributed by atoms with Gasteiger partial charge in [0.2, 0.25) is 0 Å². The summed E-state index contributed by atoms with van der Waals surface area (Å²) >= 11 is 0. The van der Waals surface area contributed by atoms with Crippen LogP contribution in [-0.4, -0.2) is 67.7 Å². The molecular weight excluding hydrogens is 352 g/mol. The van der Waals surface area contributed by atoms with Gasteiger partial charge in [-0.2, -0.15) is 0 Å². The van der Waals surface area contributed by atoms with E-state index >= 15 is 0 Å². The molecule has 1 N–H and O–H groups in total. The molecule has 0 radical (unpaired) electrons. The highest BCUT2D eigenvalue weighted by atomic mass is 16.5. The van der Waals surface area contributed by atoms with Crippen molar-refractivity contribution in [1.82, 2.24) is 20.3 Å². The molecule has 1 aromatic heterocycles. The number of piperazine rings is 1. The van der Waals surface area contributed by atoms with E-state index in [2.05, 4.69) is 55.4 Å². The van der Waals surface area contributed by atoms with Crippen molar-refractivity contribution in [2.45, 2.75) is 25.9 Å². The van der Waals surface area contributed by atoms with Crippen molar-refractivity contribution >= 4 is 11.6 Å². The van der Waals surface area contributed by atoms with Gasteiger partial charge in [-0.15, -0.1) is 0 Å². The summed E-state index contributed by atoms with van der Waals surface area (Å²) in [6.45, 7) is 6.74. The zero-order chi connectivity index (χ0) is 19.3. The Morgan fingerprint density at radius 2 is 2.04 bits per heavy atom. The number of benzene rings is 1. The lowest BCUT2D eigenvalue weighted by Gasteiger charge is -2.36. The number of hydrogen-bond acceptors (Lipinski definition) is 5. The molecule has 2 aromatic rings. The lowest BCUT2D eigenvalue weighted by Crippen LogP contribution is -2.52. The molecule has 0 amide bonds. The van der Waals surface area contributed by atoms with Crippen LogP contribution in [0.5, 0.6) is 0 Å². The fourth-order valence-corrected chi connectivity index (χ4v) is 4.13. The van der Waals surface area contributed by atoms with Gasteiger partial charge in [-0.05, 0) is 30.0 Å². The molecule has 7 heteroatoms. The number of nitrogens with one attached hydrogen (secondary N) is 1. The third-order valence-electron chi connectivity index (χ3n) is 5.71. The summed E-state index contributed by atoms with van der Waals surface area (Å²) in [4.78, 5) is 11.6. The minimum Gasteiger partial charge on any atom is -0.374 e. The predicted octanol–water partition coefficient (Wildman–Crippen LogP) is 1.95. The average molecular weight is 383 g/mol. The van der Waals surface area contributed by atoms with Crippen molar-refractivity contribution in [1.29, 1.82) is 0 Å². The van der Waals surface area contributed by atoms with Crippen LogP contribution in [0.4, 0.5) is 5.69 Å². The van der Waals surface area contributed by atoms with Gasteiger partial charge < -0.3 is 19.6 Å². The zero-order valence-corrected chi connectivity index (χ0v) is 16.9. The van der Waals surface area contributed by atoms with Gasteiger partial charge in [-0.3, -0.25) is 9.89 Å². The van der Waals surface area contributed by atoms with E-state index in [0.29, 0.717) is 0 Å². The van der Waals surface area contributed by atoms with Gasteiger partial charge in [-0.25, -0.2) is 0 Å². The summed E-state index contributed by atoms with van der Waals surface area (Å²) in [6, 6.07) is 8.78. The first kappa shape index (κ1) is 18.8. The second-order valence-corrected chi connectivity index (χ2v) is 7.64. The first-order valence-electron chi connectivity index (χ1n) is 10.1. The Morgan fingerprint density at radius 3 is 2.79 bits per heavy atom. The summed E-state index contributed by atoms with van der Waals surface area (Å²) in [5, 5.41) is 7.56. The summed E-state index contributed by atoms with van der Waals surface area (Å²) in [5.74, 6) is 0.982. The fourth-order valence-electron chi connectivity index (χ4n) is 4.13. The third kappa shape index (κ3) is 4.30. The van der Waals surface area contributed by atoms with Crippen molar-refractivity contribution in [3.05, 3.63) is 47.3 Å². The van der Waals surface area contributed by atoms with Crippen molar-refractivity contribution in [3.63, 3.8) is 0 Å². The van der Waals surface area contributed by atoms with Crippen molar-refractivity contribution < 1.29 is 4.52 Å². The lowest BCUT2D eigenvalue weighted by molar-refractivity contribution is 0.169. The number of fused-ring (bicyclic) bond motifs is 1. The SMILES string of the molecule is CN=C(NCc1ccc2c(c1)CCCN2C)N1CCN(Cc2ccon2)CC1. The van der Waals surface area contributed by atoms with Gasteiger partial charge in [0.15, 0.2) is 5.96 Å². The highest BCUT2D eigenvalue weighted by Gasteiger charge is 2.20. The number of guanidine groups is 1. The molecule has 3 heterocycles. The van der Waals surface area contributed by atoms with Crippen LogP contribution in [0.1, 0.15) is 23.2 Å². The molecule has 2 aliphatic rings. The van der Waals surface area contributed by atoms with E-state index in [9.17, 15) is 0 Å². The van der Waals surface area contributed by atoms with Crippen LogP contribution < -0.4 is 10.2 Å². The molecule has 150 valence electrons. The summed E-state index contributed by atoms with van der Waals surface area (Å²) in [7, 11) is 4.05. The van der Waals surface area contributed by atoms with Crippen LogP contribution in [0.2, 0.25) is 0 Å². The second-order valence-electron chi connectivity index (χ2n) is 7.64. The van der Waals surface area contributed by atoms with Gasteiger partial charge in [0.05, 0.1) is 5.69 Å². The summed E-state index contributed by atoms with van der Waals surface area (Å²) in [5.41, 5.74) is 5.15. The van der Waals surface area contributed by atoms with Crippen molar-refractivity contribution in [3.8, 4) is 0 Å². The summed E-state index contributed by atoms with van der Waals surface area (Å²) < 4.78 is 4.93. The largest absolute Gasteiger partial charge is 0.374 e. The smallest absolute Gasteiger partial charge is 0.194 e. The van der Waals surface area contributed by atoms with Crippen LogP contribution in [-0.2, 0) is 19.5 Å². The molecule has 0 unspecified atom stereocenters. The fraction of sp³-hybridized carbons (Fsp3) is 0.524. The van der Waals surface area contributed by atoms with Crippen molar-refractivity contribution in [2.75, 3.05) is 51.7 Å². The standard InChI is InChI=1S/C21H30N6O/c1-22-21(27-11-9-26(10-12-27)16-19-7-13-28-24-19)23-15-17-5-6-20-18(14-17)4-3-8-25(20)2/h5-7,13-14H,3-4,8-12,15-16H2,1-2H3,(H,22,23). The lowest BCUT2D eigenvalue weighted by atomic mass is 9.99. The molecule has 7 nitrogen and oxygen atoms in total. The zero-order valence-electron chi connectivity index (χ0n) is 16.9. The van der Waals surface area contributed by atoms with E-state index in [1.165, 1.54) is 29.7 Å². The molecule has 1 aromatic carbocycles. The van der Waals surface area contributed by atoms with Crippen LogP contribution in [0.25, 0.3) is 0 Å². The van der Waals surface area contributed by atoms with Crippen LogP contribution in [0.3, 0.4) is 0 Å². The van der Waals surface area contributed by atoms with Gasteiger partial charge in [0.1, 0.15) is 6.26 Å². The maximum absolute atomic E-state index is 4.93. The van der Waals surface area contributed by atoms with E-state index in [1.54, 1.807) is 6.26 Å².